The van der Waals surface area contributed by atoms with Gasteiger partial charge in [-0.25, -0.2) is 0 Å². The summed E-state index contributed by atoms with van der Waals surface area (Å²) >= 11 is 0. The minimum atomic E-state index is 0.170. The Hall–Kier alpha value is -1.39. The van der Waals surface area contributed by atoms with Crippen molar-refractivity contribution < 1.29 is 4.74 Å². The first kappa shape index (κ1) is 16.0. The van der Waals surface area contributed by atoms with E-state index in [4.69, 9.17) is 9.84 Å². The maximum Gasteiger partial charge on any atom is 0.0709 e. The van der Waals surface area contributed by atoms with Gasteiger partial charge >= 0.3 is 0 Å². The molecule has 0 bridgehead atoms. The average molecular weight is 289 g/mol. The number of aryl methyl sites for hydroxylation is 1. The molecule has 1 heterocycles. The van der Waals surface area contributed by atoms with Gasteiger partial charge in [-0.05, 0) is 24.8 Å². The molecular formula is C17H27N3O. The Bertz CT molecular complexity index is 574. The molecule has 2 rings (SSSR count). The molecule has 0 aliphatic heterocycles. The van der Waals surface area contributed by atoms with Crippen LogP contribution in [0.3, 0.4) is 0 Å². The van der Waals surface area contributed by atoms with Gasteiger partial charge in [-0.3, -0.25) is 4.68 Å². The Morgan fingerprint density at radius 3 is 2.76 bits per heavy atom. The Labute approximate surface area is 127 Å². The molecule has 21 heavy (non-hydrogen) atoms. The number of hydrogen-bond acceptors (Lipinski definition) is 3. The van der Waals surface area contributed by atoms with E-state index in [1.165, 1.54) is 16.6 Å². The number of nitrogens with zero attached hydrogens (tertiary/aromatic N) is 2. The summed E-state index contributed by atoms with van der Waals surface area (Å²) in [6.07, 6.45) is 0.973. The van der Waals surface area contributed by atoms with Crippen LogP contribution in [0.25, 0.3) is 10.9 Å². The third kappa shape index (κ3) is 4.05. The topological polar surface area (TPSA) is 39.1 Å². The Balaban J connectivity index is 2.11. The van der Waals surface area contributed by atoms with Crippen LogP contribution >= 0.6 is 0 Å². The van der Waals surface area contributed by atoms with Crippen molar-refractivity contribution in [3.63, 3.8) is 0 Å². The van der Waals surface area contributed by atoms with Gasteiger partial charge in [0.25, 0.3) is 0 Å². The van der Waals surface area contributed by atoms with Gasteiger partial charge in [0.2, 0.25) is 0 Å². The lowest BCUT2D eigenvalue weighted by Crippen LogP contribution is -2.33. The molecule has 0 atom stereocenters. The molecule has 0 radical (unpaired) electrons. The van der Waals surface area contributed by atoms with Gasteiger partial charge in [0.1, 0.15) is 0 Å². The van der Waals surface area contributed by atoms with Gasteiger partial charge in [-0.1, -0.05) is 32.0 Å². The van der Waals surface area contributed by atoms with Crippen LogP contribution in [0.5, 0.6) is 0 Å². The van der Waals surface area contributed by atoms with Gasteiger partial charge in [-0.15, -0.1) is 0 Å². The highest BCUT2D eigenvalue weighted by Gasteiger charge is 2.21. The lowest BCUT2D eigenvalue weighted by atomic mass is 9.87. The molecule has 1 N–H and O–H groups in total. The number of hydrogen-bond donors (Lipinski definition) is 1. The predicted molar refractivity (Wildman–Crippen MR) is 87.6 cm³/mol. The maximum absolute atomic E-state index is 5.07. The highest BCUT2D eigenvalue weighted by molar-refractivity contribution is 5.82. The third-order valence-electron chi connectivity index (χ3n) is 3.77. The van der Waals surface area contributed by atoms with Gasteiger partial charge in [0.15, 0.2) is 0 Å². The summed E-state index contributed by atoms with van der Waals surface area (Å²) in [4.78, 5) is 0. The lowest BCUT2D eigenvalue weighted by Gasteiger charge is -2.24. The number of para-hydroxylation sites is 1. The molecule has 0 saturated carbocycles. The predicted octanol–water partition coefficient (Wildman–Crippen LogP) is 2.86. The minimum absolute atomic E-state index is 0.170. The van der Waals surface area contributed by atoms with Gasteiger partial charge < -0.3 is 10.1 Å². The molecule has 0 amide bonds. The molecule has 1 aromatic carbocycles. The Kier molecular flexibility index (Phi) is 5.37. The summed E-state index contributed by atoms with van der Waals surface area (Å²) in [5, 5.41) is 9.54. The fourth-order valence-electron chi connectivity index (χ4n) is 2.68. The zero-order valence-electron chi connectivity index (χ0n) is 13.6. The van der Waals surface area contributed by atoms with Crippen LogP contribution in [0, 0.1) is 5.41 Å². The summed E-state index contributed by atoms with van der Waals surface area (Å²) in [5.74, 6) is 0. The fraction of sp³-hybridized carbons (Fsp3) is 0.588. The third-order valence-corrected chi connectivity index (χ3v) is 3.77. The fourth-order valence-corrected chi connectivity index (χ4v) is 2.68. The zero-order chi connectivity index (χ0) is 15.3. The second kappa shape index (κ2) is 7.05. The second-order valence-corrected chi connectivity index (χ2v) is 6.29. The molecule has 116 valence electrons. The van der Waals surface area contributed by atoms with Crippen molar-refractivity contribution in [3.05, 3.63) is 30.0 Å². The van der Waals surface area contributed by atoms with Crippen LogP contribution in [-0.2, 0) is 17.7 Å². The normalized spacial score (nSPS) is 12.2. The van der Waals surface area contributed by atoms with Gasteiger partial charge in [0.05, 0.1) is 17.8 Å². The van der Waals surface area contributed by atoms with E-state index in [-0.39, 0.29) is 5.41 Å². The van der Waals surface area contributed by atoms with Crippen LogP contribution < -0.4 is 5.32 Å². The van der Waals surface area contributed by atoms with Crippen molar-refractivity contribution >= 4 is 10.9 Å². The summed E-state index contributed by atoms with van der Waals surface area (Å²) in [6.45, 7) is 10.2. The molecular weight excluding hydrogens is 262 g/mol. The quantitative estimate of drug-likeness (QED) is 0.760. The Morgan fingerprint density at radius 2 is 2.05 bits per heavy atom. The monoisotopic (exact) mass is 289 g/mol. The maximum atomic E-state index is 5.07. The van der Waals surface area contributed by atoms with Crippen molar-refractivity contribution in [1.82, 2.24) is 15.1 Å². The molecule has 0 saturated heterocycles. The standard InChI is InChI=1S/C17H27N3O/c1-5-20-16-9-7-6-8-14(16)15(19-20)12-17(2,3)13-18-10-11-21-4/h6-9,18H,5,10-13H2,1-4H3. The first-order chi connectivity index (χ1) is 10.1. The average Bonchev–Trinajstić information content (AvgIpc) is 2.81. The minimum Gasteiger partial charge on any atom is -0.383 e. The summed E-state index contributed by atoms with van der Waals surface area (Å²) < 4.78 is 7.17. The number of ether oxygens (including phenoxy) is 1. The van der Waals surface area contributed by atoms with E-state index in [9.17, 15) is 0 Å². The zero-order valence-corrected chi connectivity index (χ0v) is 13.6. The van der Waals surface area contributed by atoms with Gasteiger partial charge in [0, 0.05) is 32.1 Å². The molecule has 0 aliphatic rings. The van der Waals surface area contributed by atoms with E-state index < -0.39 is 0 Å². The highest BCUT2D eigenvalue weighted by Crippen LogP contribution is 2.26. The van der Waals surface area contributed by atoms with E-state index in [2.05, 4.69) is 55.0 Å². The largest absolute Gasteiger partial charge is 0.383 e. The van der Waals surface area contributed by atoms with E-state index >= 15 is 0 Å². The number of fused-ring (bicyclic) bond motifs is 1. The number of benzene rings is 1. The van der Waals surface area contributed by atoms with Crippen molar-refractivity contribution in [2.45, 2.75) is 33.7 Å². The summed E-state index contributed by atoms with van der Waals surface area (Å²) in [6, 6.07) is 8.51. The molecule has 4 heteroatoms. The van der Waals surface area contributed by atoms with E-state index in [1.807, 2.05) is 0 Å². The van der Waals surface area contributed by atoms with Crippen LogP contribution in [0.1, 0.15) is 26.5 Å². The van der Waals surface area contributed by atoms with E-state index in [1.54, 1.807) is 7.11 Å². The SMILES string of the molecule is CCn1nc(CC(C)(C)CNCCOC)c2ccccc21. The van der Waals surface area contributed by atoms with Crippen molar-refractivity contribution in [2.75, 3.05) is 26.8 Å². The second-order valence-electron chi connectivity index (χ2n) is 6.29. The molecule has 0 unspecified atom stereocenters. The number of aromatic nitrogens is 2. The Morgan fingerprint density at radius 1 is 1.29 bits per heavy atom. The van der Waals surface area contributed by atoms with Crippen molar-refractivity contribution in [1.29, 1.82) is 0 Å². The molecule has 0 aliphatic carbocycles. The lowest BCUT2D eigenvalue weighted by molar-refractivity contribution is 0.194. The highest BCUT2D eigenvalue weighted by atomic mass is 16.5. The molecule has 0 spiro atoms. The van der Waals surface area contributed by atoms with Crippen molar-refractivity contribution in [2.24, 2.45) is 5.41 Å². The summed E-state index contributed by atoms with van der Waals surface area (Å²) in [5.41, 5.74) is 2.60. The van der Waals surface area contributed by atoms with Crippen LogP contribution in [0.4, 0.5) is 0 Å². The number of rotatable bonds is 8. The smallest absolute Gasteiger partial charge is 0.0709 e. The van der Waals surface area contributed by atoms with E-state index in [0.29, 0.717) is 0 Å². The van der Waals surface area contributed by atoms with Crippen LogP contribution in [-0.4, -0.2) is 36.6 Å². The molecule has 1 aromatic heterocycles. The first-order valence-electron chi connectivity index (χ1n) is 7.71. The van der Waals surface area contributed by atoms with Gasteiger partial charge in [-0.2, -0.15) is 5.10 Å². The number of nitrogens with one attached hydrogen (secondary N) is 1. The van der Waals surface area contributed by atoms with Crippen LogP contribution in [0.2, 0.25) is 0 Å². The summed E-state index contributed by atoms with van der Waals surface area (Å²) in [7, 11) is 1.73. The van der Waals surface area contributed by atoms with E-state index in [0.717, 1.165) is 32.7 Å². The first-order valence-corrected chi connectivity index (χ1v) is 7.71. The molecule has 2 aromatic rings. The number of methoxy groups -OCH3 is 1. The van der Waals surface area contributed by atoms with Crippen LogP contribution in [0.15, 0.2) is 24.3 Å². The molecule has 4 nitrogen and oxygen atoms in total. The van der Waals surface area contributed by atoms with Crippen molar-refractivity contribution in [3.8, 4) is 0 Å². The molecule has 0 fully saturated rings.